The van der Waals surface area contributed by atoms with Gasteiger partial charge < -0.3 is 20.5 Å². The van der Waals surface area contributed by atoms with Gasteiger partial charge in [-0.1, -0.05) is 0 Å². The lowest BCUT2D eigenvalue weighted by molar-refractivity contribution is 0.145. The molecule has 5 nitrogen and oxygen atoms in total. The Bertz CT molecular complexity index is 373. The van der Waals surface area contributed by atoms with E-state index in [9.17, 15) is 5.11 Å². The first-order chi connectivity index (χ1) is 8.08. The summed E-state index contributed by atoms with van der Waals surface area (Å²) < 4.78 is 9.87. The molecule has 1 aliphatic rings. The number of rotatable bonds is 3. The van der Waals surface area contributed by atoms with E-state index in [0.29, 0.717) is 11.6 Å². The van der Waals surface area contributed by atoms with E-state index in [4.69, 9.17) is 10.5 Å². The minimum absolute atomic E-state index is 0.0860. The van der Waals surface area contributed by atoms with Gasteiger partial charge in [0.25, 0.3) is 0 Å². The second kappa shape index (κ2) is 5.10. The molecule has 0 spiro atoms. The van der Waals surface area contributed by atoms with Gasteiger partial charge in [-0.3, -0.25) is 0 Å². The Labute approximate surface area is 105 Å². The topological polar surface area (TPSA) is 71.6 Å². The van der Waals surface area contributed by atoms with E-state index in [1.165, 1.54) is 11.5 Å². The third-order valence-corrected chi connectivity index (χ3v) is 3.67. The summed E-state index contributed by atoms with van der Waals surface area (Å²) >= 11 is 1.37. The number of aliphatic hydroxyl groups is 1. The Morgan fingerprint density at radius 1 is 1.47 bits per heavy atom. The molecule has 1 aliphatic heterocycles. The van der Waals surface area contributed by atoms with Crippen LogP contribution >= 0.6 is 11.5 Å². The van der Waals surface area contributed by atoms with Gasteiger partial charge in [-0.25, -0.2) is 0 Å². The van der Waals surface area contributed by atoms with E-state index < -0.39 is 0 Å². The SMILES string of the molecule is CC(C)Oc1c(N)nsc1N1CCC(O)CC1. The number of nitrogens with two attached hydrogens (primary N) is 1. The van der Waals surface area contributed by atoms with Crippen LogP contribution in [0.5, 0.6) is 5.75 Å². The second-order valence-corrected chi connectivity index (χ2v) is 5.34. The van der Waals surface area contributed by atoms with Crippen LogP contribution in [-0.2, 0) is 0 Å². The Kier molecular flexibility index (Phi) is 3.73. The van der Waals surface area contributed by atoms with Crippen molar-refractivity contribution in [3.05, 3.63) is 0 Å². The highest BCUT2D eigenvalue weighted by Gasteiger charge is 2.24. The molecule has 6 heteroatoms. The van der Waals surface area contributed by atoms with Crippen molar-refractivity contribution in [2.24, 2.45) is 0 Å². The van der Waals surface area contributed by atoms with Crippen LogP contribution in [0.25, 0.3) is 0 Å². The van der Waals surface area contributed by atoms with Crippen molar-refractivity contribution in [1.29, 1.82) is 0 Å². The Balaban J connectivity index is 2.14. The highest BCUT2D eigenvalue weighted by molar-refractivity contribution is 7.11. The molecule has 0 amide bonds. The summed E-state index contributed by atoms with van der Waals surface area (Å²) in [5.41, 5.74) is 5.82. The molecule has 2 rings (SSSR count). The predicted octanol–water partition coefficient (Wildman–Crippen LogP) is 1.47. The van der Waals surface area contributed by atoms with Crippen LogP contribution in [-0.4, -0.2) is 34.8 Å². The molecule has 0 saturated carbocycles. The molecule has 0 unspecified atom stereocenters. The number of aromatic nitrogens is 1. The Hall–Kier alpha value is -1.01. The maximum absolute atomic E-state index is 9.50. The largest absolute Gasteiger partial charge is 0.484 e. The van der Waals surface area contributed by atoms with Gasteiger partial charge in [0, 0.05) is 13.1 Å². The summed E-state index contributed by atoms with van der Waals surface area (Å²) in [6, 6.07) is 0. The van der Waals surface area contributed by atoms with Crippen LogP contribution < -0.4 is 15.4 Å². The zero-order valence-electron chi connectivity index (χ0n) is 10.2. The number of piperidine rings is 1. The number of anilines is 2. The third kappa shape index (κ3) is 2.81. The number of ether oxygens (including phenoxy) is 1. The molecule has 1 fully saturated rings. The van der Waals surface area contributed by atoms with Crippen molar-refractivity contribution >= 4 is 22.4 Å². The average molecular weight is 257 g/mol. The minimum atomic E-state index is -0.175. The molecule has 1 saturated heterocycles. The van der Waals surface area contributed by atoms with Gasteiger partial charge in [0.15, 0.2) is 16.6 Å². The Morgan fingerprint density at radius 3 is 2.71 bits per heavy atom. The summed E-state index contributed by atoms with van der Waals surface area (Å²) in [6.45, 7) is 5.61. The van der Waals surface area contributed by atoms with Crippen LogP contribution in [0.15, 0.2) is 0 Å². The molecule has 0 atom stereocenters. The molecule has 1 aromatic rings. The minimum Gasteiger partial charge on any atom is -0.484 e. The molecular formula is C11H19N3O2S. The van der Waals surface area contributed by atoms with Crippen molar-refractivity contribution in [3.63, 3.8) is 0 Å². The monoisotopic (exact) mass is 257 g/mol. The fourth-order valence-electron chi connectivity index (χ4n) is 1.90. The van der Waals surface area contributed by atoms with E-state index in [1.807, 2.05) is 13.8 Å². The quantitative estimate of drug-likeness (QED) is 0.858. The summed E-state index contributed by atoms with van der Waals surface area (Å²) in [6.07, 6.45) is 1.49. The van der Waals surface area contributed by atoms with Crippen molar-refractivity contribution in [2.75, 3.05) is 23.7 Å². The molecule has 0 radical (unpaired) electrons. The lowest BCUT2D eigenvalue weighted by Crippen LogP contribution is -2.35. The van der Waals surface area contributed by atoms with E-state index in [1.54, 1.807) is 0 Å². The summed E-state index contributed by atoms with van der Waals surface area (Å²) in [5.74, 6) is 1.16. The summed E-state index contributed by atoms with van der Waals surface area (Å²) in [5, 5.41) is 10.5. The lowest BCUT2D eigenvalue weighted by atomic mass is 10.1. The van der Waals surface area contributed by atoms with Gasteiger partial charge in [0.1, 0.15) is 0 Å². The highest BCUT2D eigenvalue weighted by atomic mass is 32.1. The standard InChI is InChI=1S/C11H19N3O2S/c1-7(2)16-9-10(12)13-17-11(9)14-5-3-8(15)4-6-14/h7-8,15H,3-6H2,1-2H3,(H2,12,13). The van der Waals surface area contributed by atoms with Gasteiger partial charge in [0.2, 0.25) is 0 Å². The van der Waals surface area contributed by atoms with E-state index in [0.717, 1.165) is 30.9 Å². The number of nitrogen functional groups attached to an aromatic ring is 1. The van der Waals surface area contributed by atoms with Crippen LogP contribution in [0.4, 0.5) is 10.8 Å². The first-order valence-corrected chi connectivity index (χ1v) is 6.70. The van der Waals surface area contributed by atoms with E-state index in [-0.39, 0.29) is 12.2 Å². The number of nitrogens with zero attached hydrogens (tertiary/aromatic N) is 2. The fraction of sp³-hybridized carbons (Fsp3) is 0.727. The van der Waals surface area contributed by atoms with Crippen LogP contribution in [0, 0.1) is 0 Å². The van der Waals surface area contributed by atoms with Gasteiger partial charge in [0.05, 0.1) is 12.2 Å². The van der Waals surface area contributed by atoms with Crippen molar-refractivity contribution in [3.8, 4) is 5.75 Å². The normalized spacial score (nSPS) is 17.8. The molecule has 3 N–H and O–H groups in total. The molecule has 0 aromatic carbocycles. The van der Waals surface area contributed by atoms with Crippen LogP contribution in [0.2, 0.25) is 0 Å². The summed E-state index contributed by atoms with van der Waals surface area (Å²) in [7, 11) is 0. The molecule has 2 heterocycles. The van der Waals surface area contributed by atoms with Gasteiger partial charge in [-0.2, -0.15) is 4.37 Å². The lowest BCUT2D eigenvalue weighted by Gasteiger charge is -2.30. The molecule has 96 valence electrons. The maximum atomic E-state index is 9.50. The zero-order valence-corrected chi connectivity index (χ0v) is 11.0. The first kappa shape index (κ1) is 12.4. The number of aliphatic hydroxyl groups excluding tert-OH is 1. The van der Waals surface area contributed by atoms with Gasteiger partial charge in [-0.15, -0.1) is 0 Å². The van der Waals surface area contributed by atoms with Crippen LogP contribution in [0.3, 0.4) is 0 Å². The van der Waals surface area contributed by atoms with E-state index >= 15 is 0 Å². The highest BCUT2D eigenvalue weighted by Crippen LogP contribution is 2.39. The first-order valence-electron chi connectivity index (χ1n) is 5.92. The molecule has 17 heavy (non-hydrogen) atoms. The average Bonchev–Trinajstić information content (AvgIpc) is 2.61. The second-order valence-electron chi connectivity index (χ2n) is 4.59. The Morgan fingerprint density at radius 2 is 2.12 bits per heavy atom. The van der Waals surface area contributed by atoms with Crippen LogP contribution in [0.1, 0.15) is 26.7 Å². The van der Waals surface area contributed by atoms with Crippen molar-refractivity contribution in [2.45, 2.75) is 38.9 Å². The smallest absolute Gasteiger partial charge is 0.198 e. The molecule has 0 bridgehead atoms. The molecule has 0 aliphatic carbocycles. The summed E-state index contributed by atoms with van der Waals surface area (Å²) in [4.78, 5) is 2.19. The zero-order chi connectivity index (χ0) is 12.4. The third-order valence-electron chi connectivity index (χ3n) is 2.76. The fourth-order valence-corrected chi connectivity index (χ4v) is 2.70. The van der Waals surface area contributed by atoms with Gasteiger partial charge in [-0.05, 0) is 38.2 Å². The van der Waals surface area contributed by atoms with Gasteiger partial charge >= 0.3 is 0 Å². The maximum Gasteiger partial charge on any atom is 0.198 e. The van der Waals surface area contributed by atoms with Crippen molar-refractivity contribution in [1.82, 2.24) is 4.37 Å². The predicted molar refractivity (Wildman–Crippen MR) is 69.7 cm³/mol. The molecule has 1 aromatic heterocycles. The number of hydrogen-bond donors (Lipinski definition) is 2. The van der Waals surface area contributed by atoms with Crippen molar-refractivity contribution < 1.29 is 9.84 Å². The number of hydrogen-bond acceptors (Lipinski definition) is 6. The van der Waals surface area contributed by atoms with E-state index in [2.05, 4.69) is 9.27 Å². The molecular weight excluding hydrogens is 238 g/mol.